The molecule has 2 bridgehead atoms. The van der Waals surface area contributed by atoms with Gasteiger partial charge in [-0.15, -0.1) is 0 Å². The molecule has 3 aromatic rings. The maximum Gasteiger partial charge on any atom is 0.329 e. The summed E-state index contributed by atoms with van der Waals surface area (Å²) < 4.78 is 10.5. The predicted octanol–water partition coefficient (Wildman–Crippen LogP) is 4.63. The van der Waals surface area contributed by atoms with Crippen LogP contribution in [-0.2, 0) is 23.9 Å². The maximum absolute atomic E-state index is 14.1. The van der Waals surface area contributed by atoms with Crippen LogP contribution in [0.3, 0.4) is 0 Å². The van der Waals surface area contributed by atoms with E-state index in [-0.39, 0.29) is 30.1 Å². The zero-order valence-electron chi connectivity index (χ0n) is 23.0. The van der Waals surface area contributed by atoms with Crippen LogP contribution in [-0.4, -0.2) is 48.3 Å². The van der Waals surface area contributed by atoms with Gasteiger partial charge in [-0.2, -0.15) is 0 Å². The Bertz CT molecular complexity index is 1400. The van der Waals surface area contributed by atoms with Crippen molar-refractivity contribution >= 4 is 29.4 Å². The lowest BCUT2D eigenvalue weighted by atomic mass is 9.55. The molecule has 8 nitrogen and oxygen atoms in total. The Kier molecular flexibility index (Phi) is 7.07. The topological polar surface area (TPSA) is 102 Å². The van der Waals surface area contributed by atoms with Gasteiger partial charge in [0.2, 0.25) is 11.8 Å². The number of carbonyl (C=O) groups is 4. The zero-order chi connectivity index (χ0) is 28.7. The molecular formula is C33H32N2O6. The molecule has 1 saturated heterocycles. The molecule has 3 atom stereocenters. The fraction of sp³-hybridized carbons (Fsp3) is 0.333. The molecule has 1 fully saturated rings. The number of rotatable bonds is 9. The van der Waals surface area contributed by atoms with Gasteiger partial charge in [-0.1, -0.05) is 68.3 Å². The number of hydrogen-bond acceptors (Lipinski definition) is 6. The van der Waals surface area contributed by atoms with E-state index in [0.717, 1.165) is 33.6 Å². The molecule has 210 valence electrons. The zero-order valence-corrected chi connectivity index (χ0v) is 23.0. The first-order valence-electron chi connectivity index (χ1n) is 14.1. The number of imide groups is 1. The number of likely N-dealkylation sites (tertiary alicyclic amines) is 1. The summed E-state index contributed by atoms with van der Waals surface area (Å²) in [7, 11) is 1.55. The number of ether oxygens (including phenoxy) is 2. The second kappa shape index (κ2) is 10.8. The third-order valence-electron chi connectivity index (χ3n) is 8.62. The first kappa shape index (κ1) is 26.7. The molecule has 1 N–H and O–H groups in total. The number of esters is 1. The molecule has 0 saturated carbocycles. The quantitative estimate of drug-likeness (QED) is 0.307. The lowest BCUT2D eigenvalue weighted by Gasteiger charge is -2.45. The van der Waals surface area contributed by atoms with Gasteiger partial charge in [0, 0.05) is 17.5 Å². The summed E-state index contributed by atoms with van der Waals surface area (Å²) in [6.45, 7) is 1.45. The SMILES string of the molecule is CCCC[C@H](C(=O)OCC(=O)Nc1ccc(OC)cc1)N1C(=O)[C@@H]2C3c4ccccc4C(c4ccccc43)[C@@H]2C1=O. The van der Waals surface area contributed by atoms with E-state index in [9.17, 15) is 19.2 Å². The normalized spacial score (nSPS) is 22.4. The molecule has 3 aromatic carbocycles. The third-order valence-corrected chi connectivity index (χ3v) is 8.62. The van der Waals surface area contributed by atoms with E-state index in [1.807, 2.05) is 55.5 Å². The molecule has 0 aromatic heterocycles. The number of anilines is 1. The van der Waals surface area contributed by atoms with Crippen LogP contribution in [0, 0.1) is 11.8 Å². The Balaban J connectivity index is 1.24. The number of hydrogen-bond donors (Lipinski definition) is 1. The molecule has 0 spiro atoms. The number of nitrogens with zero attached hydrogens (tertiary/aromatic N) is 1. The van der Waals surface area contributed by atoms with Crippen LogP contribution in [0.25, 0.3) is 0 Å². The van der Waals surface area contributed by atoms with Gasteiger partial charge in [0.05, 0.1) is 18.9 Å². The van der Waals surface area contributed by atoms with E-state index in [2.05, 4.69) is 5.32 Å². The van der Waals surface area contributed by atoms with Crippen molar-refractivity contribution in [2.45, 2.75) is 44.1 Å². The minimum absolute atomic E-state index is 0.253. The lowest BCUT2D eigenvalue weighted by Crippen LogP contribution is -2.47. The van der Waals surface area contributed by atoms with E-state index in [0.29, 0.717) is 17.9 Å². The molecule has 7 rings (SSSR count). The lowest BCUT2D eigenvalue weighted by molar-refractivity contribution is -0.160. The molecule has 41 heavy (non-hydrogen) atoms. The highest BCUT2D eigenvalue weighted by molar-refractivity contribution is 6.10. The monoisotopic (exact) mass is 552 g/mol. The summed E-state index contributed by atoms with van der Waals surface area (Å²) in [5.74, 6) is -2.94. The van der Waals surface area contributed by atoms with Crippen molar-refractivity contribution in [3.63, 3.8) is 0 Å². The third kappa shape index (κ3) is 4.47. The fourth-order valence-corrected chi connectivity index (χ4v) is 6.86. The molecule has 8 heteroatoms. The minimum atomic E-state index is -1.08. The molecular weight excluding hydrogens is 520 g/mol. The number of unbranched alkanes of at least 4 members (excludes halogenated alkanes) is 1. The van der Waals surface area contributed by atoms with Crippen LogP contribution in [0.4, 0.5) is 5.69 Å². The van der Waals surface area contributed by atoms with Crippen LogP contribution in [0.15, 0.2) is 72.8 Å². The van der Waals surface area contributed by atoms with Gasteiger partial charge in [-0.25, -0.2) is 4.79 Å². The Morgan fingerprint density at radius 3 is 1.80 bits per heavy atom. The molecule has 4 aliphatic rings. The van der Waals surface area contributed by atoms with E-state index >= 15 is 0 Å². The molecule has 3 aliphatic carbocycles. The first-order chi connectivity index (χ1) is 19.9. The van der Waals surface area contributed by atoms with Crippen LogP contribution >= 0.6 is 0 Å². The summed E-state index contributed by atoms with van der Waals surface area (Å²) in [5, 5.41) is 2.68. The fourth-order valence-electron chi connectivity index (χ4n) is 6.86. The van der Waals surface area contributed by atoms with Crippen molar-refractivity contribution in [3.8, 4) is 5.75 Å². The van der Waals surface area contributed by atoms with E-state index in [1.54, 1.807) is 31.4 Å². The summed E-state index contributed by atoms with van der Waals surface area (Å²) in [6, 6.07) is 21.7. The Morgan fingerprint density at radius 1 is 0.829 bits per heavy atom. The summed E-state index contributed by atoms with van der Waals surface area (Å²) in [5.41, 5.74) is 4.82. The number of amides is 3. The predicted molar refractivity (Wildman–Crippen MR) is 151 cm³/mol. The van der Waals surface area contributed by atoms with Gasteiger partial charge in [0.25, 0.3) is 5.91 Å². The largest absolute Gasteiger partial charge is 0.497 e. The second-order valence-electron chi connectivity index (χ2n) is 10.9. The Labute approximate surface area is 238 Å². The van der Waals surface area contributed by atoms with E-state index in [1.165, 1.54) is 0 Å². The molecule has 1 heterocycles. The highest BCUT2D eigenvalue weighted by atomic mass is 16.5. The summed E-state index contributed by atoms with van der Waals surface area (Å²) >= 11 is 0. The summed E-state index contributed by atoms with van der Waals surface area (Å²) in [4.78, 5) is 55.3. The number of methoxy groups -OCH3 is 1. The molecule has 1 aliphatic heterocycles. The van der Waals surface area contributed by atoms with Gasteiger partial charge in [-0.3, -0.25) is 19.3 Å². The minimum Gasteiger partial charge on any atom is -0.497 e. The van der Waals surface area contributed by atoms with Crippen LogP contribution in [0.1, 0.15) is 60.3 Å². The summed E-state index contributed by atoms with van der Waals surface area (Å²) in [6.07, 6.45) is 1.67. The average molecular weight is 553 g/mol. The first-order valence-corrected chi connectivity index (χ1v) is 14.1. The van der Waals surface area contributed by atoms with E-state index < -0.39 is 36.4 Å². The number of nitrogens with one attached hydrogen (secondary N) is 1. The van der Waals surface area contributed by atoms with Gasteiger partial charge in [-0.05, 0) is 52.9 Å². The smallest absolute Gasteiger partial charge is 0.329 e. The highest BCUT2D eigenvalue weighted by Crippen LogP contribution is 2.61. The van der Waals surface area contributed by atoms with Crippen molar-refractivity contribution in [1.82, 2.24) is 4.90 Å². The van der Waals surface area contributed by atoms with Gasteiger partial charge in [0.15, 0.2) is 6.61 Å². The number of benzene rings is 3. The molecule has 0 radical (unpaired) electrons. The van der Waals surface area contributed by atoms with E-state index in [4.69, 9.17) is 9.47 Å². The standard InChI is InChI=1S/C33H32N2O6/c1-3-4-13-25(33(39)41-18-26(36)34-19-14-16-20(40-2)17-15-19)35-31(37)29-27-21-9-5-6-10-22(21)28(30(29)32(35)38)24-12-8-7-11-23(24)27/h5-12,14-17,25,27-30H,3-4,13,18H2,1-2H3,(H,34,36)/t25-,27?,28?,29-,30+/m1/s1. The second-order valence-corrected chi connectivity index (χ2v) is 10.9. The van der Waals surface area contributed by atoms with Crippen LogP contribution < -0.4 is 10.1 Å². The van der Waals surface area contributed by atoms with Crippen LogP contribution in [0.5, 0.6) is 5.75 Å². The van der Waals surface area contributed by atoms with Crippen molar-refractivity contribution < 1.29 is 28.7 Å². The number of carbonyl (C=O) groups excluding carboxylic acids is 4. The average Bonchev–Trinajstić information content (AvgIpc) is 3.26. The van der Waals surface area contributed by atoms with Gasteiger partial charge < -0.3 is 14.8 Å². The van der Waals surface area contributed by atoms with Crippen molar-refractivity contribution in [3.05, 3.63) is 95.1 Å². The Morgan fingerprint density at radius 2 is 1.34 bits per heavy atom. The van der Waals surface area contributed by atoms with Crippen molar-refractivity contribution in [2.75, 3.05) is 19.0 Å². The molecule has 0 unspecified atom stereocenters. The Hall–Kier alpha value is -4.46. The van der Waals surface area contributed by atoms with Gasteiger partial charge in [0.1, 0.15) is 11.8 Å². The van der Waals surface area contributed by atoms with Crippen LogP contribution in [0.2, 0.25) is 0 Å². The maximum atomic E-state index is 14.1. The van der Waals surface area contributed by atoms with Gasteiger partial charge >= 0.3 is 5.97 Å². The van der Waals surface area contributed by atoms with Crippen molar-refractivity contribution in [1.29, 1.82) is 0 Å². The van der Waals surface area contributed by atoms with Crippen molar-refractivity contribution in [2.24, 2.45) is 11.8 Å². The highest BCUT2D eigenvalue weighted by Gasteiger charge is 2.63. The molecule has 3 amide bonds.